The first-order chi connectivity index (χ1) is 7.99. The second-order valence-electron chi connectivity index (χ2n) is 4.12. The van der Waals surface area contributed by atoms with E-state index in [1.54, 1.807) is 13.0 Å². The van der Waals surface area contributed by atoms with E-state index in [2.05, 4.69) is 6.58 Å². The molecule has 0 bridgehead atoms. The molecule has 17 heavy (non-hydrogen) atoms. The molecule has 1 unspecified atom stereocenters. The summed E-state index contributed by atoms with van der Waals surface area (Å²) in [6.07, 6.45) is 0. The summed E-state index contributed by atoms with van der Waals surface area (Å²) in [6, 6.07) is 6.89. The van der Waals surface area contributed by atoms with Gasteiger partial charge in [0.05, 0.1) is 6.04 Å². The van der Waals surface area contributed by atoms with Gasteiger partial charge in [-0.1, -0.05) is 24.8 Å². The van der Waals surface area contributed by atoms with Crippen molar-refractivity contribution in [2.45, 2.75) is 13.0 Å². The molecule has 0 aromatic heterocycles. The first-order valence-corrected chi connectivity index (χ1v) is 5.30. The molecule has 0 saturated carbocycles. The number of nitrogens with zero attached hydrogens (tertiary/aromatic N) is 1. The van der Waals surface area contributed by atoms with Crippen molar-refractivity contribution in [1.29, 1.82) is 0 Å². The number of ketones is 1. The van der Waals surface area contributed by atoms with Crippen LogP contribution in [0.1, 0.15) is 12.5 Å². The van der Waals surface area contributed by atoms with E-state index in [9.17, 15) is 4.79 Å². The molecule has 0 saturated heterocycles. The van der Waals surface area contributed by atoms with Crippen LogP contribution in [0.2, 0.25) is 0 Å². The Kier molecular flexibility index (Phi) is 4.43. The molecule has 92 valence electrons. The Bertz CT molecular complexity index is 427. The number of carbonyl (C=O) groups excluding carboxylic acids is 1. The molecule has 0 aliphatic carbocycles. The summed E-state index contributed by atoms with van der Waals surface area (Å²) in [7, 11) is 3.67. The maximum Gasteiger partial charge on any atom is 0.154 e. The molecule has 0 heterocycles. The fourth-order valence-electron chi connectivity index (χ4n) is 1.90. The predicted octanol–water partition coefficient (Wildman–Crippen LogP) is 1.47. The fraction of sp³-hybridized carbons (Fsp3) is 0.308. The van der Waals surface area contributed by atoms with E-state index in [-0.39, 0.29) is 11.8 Å². The molecule has 0 aliphatic rings. The van der Waals surface area contributed by atoms with E-state index >= 15 is 0 Å². The molecule has 0 fully saturated rings. The number of rotatable bonds is 5. The van der Waals surface area contributed by atoms with Crippen LogP contribution in [-0.2, 0) is 4.79 Å². The minimum atomic E-state index is -0.369. The highest BCUT2D eigenvalue weighted by Crippen LogP contribution is 2.28. The van der Waals surface area contributed by atoms with Gasteiger partial charge in [0, 0.05) is 5.56 Å². The maximum absolute atomic E-state index is 11.6. The molecule has 0 aliphatic heterocycles. The normalized spacial score (nSPS) is 12.3. The number of benzene rings is 1. The summed E-state index contributed by atoms with van der Waals surface area (Å²) in [6.45, 7) is 5.52. The highest BCUT2D eigenvalue weighted by Gasteiger charge is 2.23. The van der Waals surface area contributed by atoms with E-state index in [0.717, 1.165) is 5.56 Å². The van der Waals surface area contributed by atoms with Crippen LogP contribution in [0.25, 0.3) is 5.57 Å². The van der Waals surface area contributed by atoms with E-state index < -0.39 is 0 Å². The SMILES string of the molecule is C=C(c1ccccc1ON)C(C(C)=O)N(C)C. The summed E-state index contributed by atoms with van der Waals surface area (Å²) in [4.78, 5) is 18.2. The molecule has 1 aromatic rings. The lowest BCUT2D eigenvalue weighted by Gasteiger charge is -2.24. The van der Waals surface area contributed by atoms with Crippen molar-refractivity contribution in [1.82, 2.24) is 4.90 Å². The monoisotopic (exact) mass is 234 g/mol. The lowest BCUT2D eigenvalue weighted by atomic mass is 9.96. The Labute approximate surface area is 102 Å². The average Bonchev–Trinajstić information content (AvgIpc) is 2.27. The number of para-hydroxylation sites is 1. The smallest absolute Gasteiger partial charge is 0.154 e. The predicted molar refractivity (Wildman–Crippen MR) is 68.4 cm³/mol. The third-order valence-corrected chi connectivity index (χ3v) is 2.59. The lowest BCUT2D eigenvalue weighted by molar-refractivity contribution is -0.119. The summed E-state index contributed by atoms with van der Waals surface area (Å²) in [5.41, 5.74) is 1.44. The molecule has 1 atom stereocenters. The van der Waals surface area contributed by atoms with Gasteiger partial charge < -0.3 is 4.84 Å². The van der Waals surface area contributed by atoms with Crippen LogP contribution < -0.4 is 10.7 Å². The number of carbonyl (C=O) groups is 1. The van der Waals surface area contributed by atoms with Crippen LogP contribution in [0.4, 0.5) is 0 Å². The topological polar surface area (TPSA) is 55.6 Å². The van der Waals surface area contributed by atoms with Crippen molar-refractivity contribution < 1.29 is 9.63 Å². The number of nitrogens with two attached hydrogens (primary N) is 1. The summed E-state index contributed by atoms with van der Waals surface area (Å²) >= 11 is 0. The van der Waals surface area contributed by atoms with Gasteiger partial charge in [-0.2, -0.15) is 5.90 Å². The van der Waals surface area contributed by atoms with Crippen molar-refractivity contribution in [2.24, 2.45) is 5.90 Å². The van der Waals surface area contributed by atoms with Gasteiger partial charge in [0.1, 0.15) is 0 Å². The second-order valence-corrected chi connectivity index (χ2v) is 4.12. The Morgan fingerprint density at radius 1 is 1.41 bits per heavy atom. The molecule has 2 N–H and O–H groups in total. The van der Waals surface area contributed by atoms with Gasteiger partial charge in [-0.05, 0) is 32.7 Å². The molecular formula is C13H18N2O2. The Morgan fingerprint density at radius 3 is 2.47 bits per heavy atom. The van der Waals surface area contributed by atoms with Crippen molar-refractivity contribution in [2.75, 3.05) is 14.1 Å². The third kappa shape index (κ3) is 2.93. The van der Waals surface area contributed by atoms with E-state index in [1.807, 2.05) is 37.2 Å². The number of Topliss-reactive ketones (excluding diaryl/α,β-unsaturated/α-hetero) is 1. The zero-order valence-electron chi connectivity index (χ0n) is 10.4. The van der Waals surface area contributed by atoms with Crippen LogP contribution in [-0.4, -0.2) is 30.8 Å². The van der Waals surface area contributed by atoms with Crippen molar-refractivity contribution in [3.63, 3.8) is 0 Å². The van der Waals surface area contributed by atoms with Crippen molar-refractivity contribution >= 4 is 11.4 Å². The minimum Gasteiger partial charge on any atom is -0.411 e. The first kappa shape index (κ1) is 13.4. The van der Waals surface area contributed by atoms with Gasteiger partial charge in [-0.3, -0.25) is 9.69 Å². The molecule has 4 nitrogen and oxygen atoms in total. The van der Waals surface area contributed by atoms with Crippen molar-refractivity contribution in [3.05, 3.63) is 36.4 Å². The zero-order chi connectivity index (χ0) is 13.0. The van der Waals surface area contributed by atoms with Gasteiger partial charge in [0.2, 0.25) is 0 Å². The van der Waals surface area contributed by atoms with Crippen molar-refractivity contribution in [3.8, 4) is 5.75 Å². The van der Waals surface area contributed by atoms with E-state index in [4.69, 9.17) is 10.7 Å². The van der Waals surface area contributed by atoms with Crippen LogP contribution in [0.15, 0.2) is 30.8 Å². The fourth-order valence-corrected chi connectivity index (χ4v) is 1.90. The Balaban J connectivity index is 3.14. The maximum atomic E-state index is 11.6. The van der Waals surface area contributed by atoms with E-state index in [0.29, 0.717) is 11.3 Å². The highest BCUT2D eigenvalue weighted by atomic mass is 16.6. The first-order valence-electron chi connectivity index (χ1n) is 5.30. The van der Waals surface area contributed by atoms with Gasteiger partial charge in [0.25, 0.3) is 0 Å². The molecule has 0 spiro atoms. The standard InChI is InChI=1S/C13H18N2O2/c1-9(13(10(2)16)15(3)4)11-7-5-6-8-12(11)17-14/h5-8,13H,1,14H2,2-4H3. The van der Waals surface area contributed by atoms with Crippen LogP contribution >= 0.6 is 0 Å². The highest BCUT2D eigenvalue weighted by molar-refractivity contribution is 5.95. The van der Waals surface area contributed by atoms with Gasteiger partial charge in [-0.15, -0.1) is 0 Å². The summed E-state index contributed by atoms with van der Waals surface area (Å²) in [5.74, 6) is 5.75. The van der Waals surface area contributed by atoms with Crippen LogP contribution in [0, 0.1) is 0 Å². The summed E-state index contributed by atoms with van der Waals surface area (Å²) in [5, 5.41) is 0. The van der Waals surface area contributed by atoms with Gasteiger partial charge in [-0.25, -0.2) is 0 Å². The molecule has 1 rings (SSSR count). The average molecular weight is 234 g/mol. The molecule has 0 amide bonds. The Morgan fingerprint density at radius 2 is 2.00 bits per heavy atom. The lowest BCUT2D eigenvalue weighted by Crippen LogP contribution is -2.35. The number of likely N-dealkylation sites (N-methyl/N-ethyl adjacent to an activating group) is 1. The largest absolute Gasteiger partial charge is 0.411 e. The molecule has 1 aromatic carbocycles. The van der Waals surface area contributed by atoms with Crippen LogP contribution in [0.3, 0.4) is 0 Å². The molecule has 4 heteroatoms. The number of hydrogen-bond acceptors (Lipinski definition) is 4. The molecule has 0 radical (unpaired) electrons. The number of hydrogen-bond donors (Lipinski definition) is 1. The summed E-state index contributed by atoms with van der Waals surface area (Å²) < 4.78 is 0. The third-order valence-electron chi connectivity index (χ3n) is 2.59. The van der Waals surface area contributed by atoms with Crippen LogP contribution in [0.5, 0.6) is 5.75 Å². The van der Waals surface area contributed by atoms with Gasteiger partial charge in [0.15, 0.2) is 11.5 Å². The minimum absolute atomic E-state index is 0.0341. The quantitative estimate of drug-likeness (QED) is 0.784. The zero-order valence-corrected chi connectivity index (χ0v) is 10.4. The Hall–Kier alpha value is -1.65. The molecular weight excluding hydrogens is 216 g/mol. The van der Waals surface area contributed by atoms with E-state index in [1.165, 1.54) is 0 Å². The van der Waals surface area contributed by atoms with Gasteiger partial charge >= 0.3 is 0 Å². The second kappa shape index (κ2) is 5.61.